The standard InChI is InChI=1S/C48H91N3O9/c1-3-5-7-9-11-13-15-17-19-21-23-25-27-29-31-33-37-51(43(55)34-32-30-28-26-24-22-20-18-16-14-12-10-8-6-4-2)48-45(47(59)46(58)40(39-52)60-48)50-42(54)38-49-41(53)35-36-44(56)57/h40,45-48,52,58-59H,3-39H2,1-2H3,(H,49,53)(H,50,54)(H,56,57)/t40-,45-,46-,47-,48-/m1/s1. The number of carbonyl (C=O) groups excluding carboxylic acids is 3. The van der Waals surface area contributed by atoms with Gasteiger partial charge in [-0.1, -0.05) is 200 Å². The summed E-state index contributed by atoms with van der Waals surface area (Å²) in [7, 11) is 0. The third-order valence-electron chi connectivity index (χ3n) is 12.1. The maximum Gasteiger partial charge on any atom is 0.303 e. The summed E-state index contributed by atoms with van der Waals surface area (Å²) in [4.78, 5) is 51.4. The second kappa shape index (κ2) is 38.4. The van der Waals surface area contributed by atoms with Gasteiger partial charge in [-0.15, -0.1) is 0 Å². The van der Waals surface area contributed by atoms with Crippen LogP contribution in [0.15, 0.2) is 0 Å². The average molecular weight is 854 g/mol. The minimum atomic E-state index is -1.56. The van der Waals surface area contributed by atoms with Crippen molar-refractivity contribution >= 4 is 23.7 Å². The molecule has 352 valence electrons. The number of aliphatic carboxylic acids is 1. The molecule has 1 saturated heterocycles. The predicted octanol–water partition coefficient (Wildman–Crippen LogP) is 9.24. The summed E-state index contributed by atoms with van der Waals surface area (Å²) in [6.07, 6.45) is 32.1. The van der Waals surface area contributed by atoms with E-state index < -0.39 is 61.5 Å². The molecule has 1 rings (SSSR count). The molecule has 0 aromatic heterocycles. The van der Waals surface area contributed by atoms with E-state index in [9.17, 15) is 34.5 Å². The first-order valence-corrected chi connectivity index (χ1v) is 24.9. The lowest BCUT2D eigenvalue weighted by molar-refractivity contribution is -0.231. The fourth-order valence-electron chi connectivity index (χ4n) is 8.26. The van der Waals surface area contributed by atoms with Crippen LogP contribution in [0, 0.1) is 0 Å². The number of hydrogen-bond acceptors (Lipinski definition) is 8. The molecule has 0 unspecified atom stereocenters. The molecule has 12 nitrogen and oxygen atoms in total. The van der Waals surface area contributed by atoms with Crippen molar-refractivity contribution in [1.29, 1.82) is 0 Å². The Bertz CT molecular complexity index is 1080. The third kappa shape index (κ3) is 28.3. The number of carboxylic acid groups (broad SMARTS) is 1. The van der Waals surface area contributed by atoms with Crippen molar-refractivity contribution in [3.63, 3.8) is 0 Å². The second-order valence-corrected chi connectivity index (χ2v) is 17.6. The predicted molar refractivity (Wildman–Crippen MR) is 240 cm³/mol. The van der Waals surface area contributed by atoms with Crippen molar-refractivity contribution in [2.24, 2.45) is 0 Å². The van der Waals surface area contributed by atoms with E-state index in [0.717, 1.165) is 38.5 Å². The van der Waals surface area contributed by atoms with E-state index in [0.29, 0.717) is 19.4 Å². The zero-order valence-corrected chi connectivity index (χ0v) is 38.3. The number of carboxylic acids is 1. The second-order valence-electron chi connectivity index (χ2n) is 17.6. The molecule has 1 heterocycles. The number of nitrogens with one attached hydrogen (secondary N) is 2. The Labute approximate surface area is 365 Å². The van der Waals surface area contributed by atoms with Gasteiger partial charge in [0.1, 0.15) is 24.4 Å². The average Bonchev–Trinajstić information content (AvgIpc) is 3.23. The van der Waals surface area contributed by atoms with Crippen LogP contribution in [0.4, 0.5) is 0 Å². The van der Waals surface area contributed by atoms with Gasteiger partial charge >= 0.3 is 5.97 Å². The first-order chi connectivity index (χ1) is 29.2. The SMILES string of the molecule is CCCCCCCCCCCCCCCCCCN(C(=O)CCCCCCCCCCCCCCCCC)[C@@H]1O[C@H](CO)[C@@H](O)[C@H](O)[C@H]1NC(=O)CNC(=O)CCC(=O)O. The van der Waals surface area contributed by atoms with Gasteiger partial charge < -0.3 is 40.7 Å². The van der Waals surface area contributed by atoms with Gasteiger partial charge in [0.05, 0.1) is 19.6 Å². The van der Waals surface area contributed by atoms with Crippen LogP contribution in [-0.4, -0.2) is 99.3 Å². The first kappa shape index (κ1) is 55.7. The molecule has 0 radical (unpaired) electrons. The van der Waals surface area contributed by atoms with Gasteiger partial charge in [0.25, 0.3) is 0 Å². The van der Waals surface area contributed by atoms with Crippen LogP contribution in [0.5, 0.6) is 0 Å². The van der Waals surface area contributed by atoms with Crippen molar-refractivity contribution < 1.29 is 44.3 Å². The number of aliphatic hydroxyl groups excluding tert-OH is 3. The number of hydrogen-bond donors (Lipinski definition) is 6. The summed E-state index contributed by atoms with van der Waals surface area (Å²) in [5.41, 5.74) is 0. The molecule has 1 aliphatic rings. The summed E-state index contributed by atoms with van der Waals surface area (Å²) in [5.74, 6) is -2.61. The molecule has 6 N–H and O–H groups in total. The number of ether oxygens (including phenoxy) is 1. The number of aliphatic hydroxyl groups is 3. The molecule has 1 fully saturated rings. The molecular formula is C48H91N3O9. The van der Waals surface area contributed by atoms with Crippen LogP contribution in [0.25, 0.3) is 0 Å². The summed E-state index contributed by atoms with van der Waals surface area (Å²) in [5, 5.41) is 45.9. The maximum absolute atomic E-state index is 13.9. The van der Waals surface area contributed by atoms with Crippen molar-refractivity contribution in [2.75, 3.05) is 19.7 Å². The zero-order valence-electron chi connectivity index (χ0n) is 38.3. The fraction of sp³-hybridized carbons (Fsp3) is 0.917. The Balaban J connectivity index is 2.69. The maximum atomic E-state index is 13.9. The highest BCUT2D eigenvalue weighted by Gasteiger charge is 2.48. The lowest BCUT2D eigenvalue weighted by Crippen LogP contribution is -2.69. The first-order valence-electron chi connectivity index (χ1n) is 24.9. The normalized spacial score (nSPS) is 19.0. The van der Waals surface area contributed by atoms with E-state index in [4.69, 9.17) is 9.84 Å². The zero-order chi connectivity index (χ0) is 44.1. The quantitative estimate of drug-likeness (QED) is 0.0326. The minimum Gasteiger partial charge on any atom is -0.481 e. The van der Waals surface area contributed by atoms with Crippen LogP contribution < -0.4 is 10.6 Å². The van der Waals surface area contributed by atoms with Gasteiger partial charge in [0.15, 0.2) is 6.23 Å². The van der Waals surface area contributed by atoms with Crippen LogP contribution in [-0.2, 0) is 23.9 Å². The summed E-state index contributed by atoms with van der Waals surface area (Å²) in [6.45, 7) is 3.77. The molecular weight excluding hydrogens is 763 g/mol. The van der Waals surface area contributed by atoms with Gasteiger partial charge in [-0.25, -0.2) is 0 Å². The van der Waals surface area contributed by atoms with E-state index >= 15 is 0 Å². The minimum absolute atomic E-state index is 0.169. The van der Waals surface area contributed by atoms with Crippen molar-refractivity contribution in [3.8, 4) is 0 Å². The summed E-state index contributed by atoms with van der Waals surface area (Å²) >= 11 is 0. The largest absolute Gasteiger partial charge is 0.481 e. The van der Waals surface area contributed by atoms with E-state index in [1.165, 1.54) is 148 Å². The van der Waals surface area contributed by atoms with Gasteiger partial charge in [0, 0.05) is 19.4 Å². The molecule has 0 aromatic carbocycles. The van der Waals surface area contributed by atoms with E-state index in [-0.39, 0.29) is 25.2 Å². The van der Waals surface area contributed by atoms with Crippen LogP contribution in [0.2, 0.25) is 0 Å². The highest BCUT2D eigenvalue weighted by molar-refractivity contribution is 5.86. The molecule has 0 aliphatic carbocycles. The smallest absolute Gasteiger partial charge is 0.303 e. The van der Waals surface area contributed by atoms with Gasteiger partial charge in [-0.3, -0.25) is 19.2 Å². The van der Waals surface area contributed by atoms with E-state index in [1.54, 1.807) is 4.90 Å². The molecule has 0 aromatic rings. The lowest BCUT2D eigenvalue weighted by atomic mass is 9.94. The van der Waals surface area contributed by atoms with E-state index in [2.05, 4.69) is 24.5 Å². The molecule has 0 bridgehead atoms. The molecule has 60 heavy (non-hydrogen) atoms. The van der Waals surface area contributed by atoms with Crippen molar-refractivity contribution in [2.45, 2.75) is 263 Å². The molecule has 3 amide bonds. The fourth-order valence-corrected chi connectivity index (χ4v) is 8.26. The number of unbranched alkanes of at least 4 members (excludes halogenated alkanes) is 29. The highest BCUT2D eigenvalue weighted by atomic mass is 16.5. The van der Waals surface area contributed by atoms with Crippen molar-refractivity contribution in [1.82, 2.24) is 15.5 Å². The molecule has 12 heteroatoms. The van der Waals surface area contributed by atoms with Crippen LogP contribution in [0.1, 0.15) is 232 Å². The number of carbonyl (C=O) groups is 4. The number of rotatable bonds is 41. The highest BCUT2D eigenvalue weighted by Crippen LogP contribution is 2.26. The molecule has 1 aliphatic heterocycles. The summed E-state index contributed by atoms with van der Waals surface area (Å²) in [6, 6.07) is -1.22. The summed E-state index contributed by atoms with van der Waals surface area (Å²) < 4.78 is 6.09. The molecule has 5 atom stereocenters. The Morgan fingerprint density at radius 1 is 0.517 bits per heavy atom. The third-order valence-corrected chi connectivity index (χ3v) is 12.1. The Morgan fingerprint density at radius 2 is 0.917 bits per heavy atom. The monoisotopic (exact) mass is 854 g/mol. The van der Waals surface area contributed by atoms with Gasteiger partial charge in [0.2, 0.25) is 17.7 Å². The Morgan fingerprint density at radius 3 is 1.32 bits per heavy atom. The van der Waals surface area contributed by atoms with Crippen LogP contribution >= 0.6 is 0 Å². The van der Waals surface area contributed by atoms with Crippen molar-refractivity contribution in [3.05, 3.63) is 0 Å². The Hall–Kier alpha value is -2.28. The number of amides is 3. The van der Waals surface area contributed by atoms with E-state index in [1.807, 2.05) is 0 Å². The topological polar surface area (TPSA) is 186 Å². The lowest BCUT2D eigenvalue weighted by Gasteiger charge is -2.47. The van der Waals surface area contributed by atoms with Crippen LogP contribution in [0.3, 0.4) is 0 Å². The van der Waals surface area contributed by atoms with Gasteiger partial charge in [-0.2, -0.15) is 0 Å². The number of nitrogens with zero attached hydrogens (tertiary/aromatic N) is 1. The molecule has 0 spiro atoms. The Kier molecular flexibility index (Phi) is 35.7. The van der Waals surface area contributed by atoms with Gasteiger partial charge in [-0.05, 0) is 12.8 Å². The molecule has 0 saturated carbocycles.